The van der Waals surface area contributed by atoms with Crippen molar-refractivity contribution in [2.45, 2.75) is 13.0 Å². The zero-order valence-electron chi connectivity index (χ0n) is 4.74. The van der Waals surface area contributed by atoms with E-state index in [0.717, 1.165) is 6.54 Å². The van der Waals surface area contributed by atoms with E-state index in [1.807, 2.05) is 0 Å². The zero-order chi connectivity index (χ0) is 5.98. The maximum absolute atomic E-state index is 3.22. The van der Waals surface area contributed by atoms with Crippen LogP contribution in [0.1, 0.15) is 6.92 Å². The quantitative estimate of drug-likeness (QED) is 0.539. The topological polar surface area (TPSA) is 12.0 Å². The van der Waals surface area contributed by atoms with Gasteiger partial charge in [0, 0.05) is 34.4 Å². The summed E-state index contributed by atoms with van der Waals surface area (Å²) in [5, 5.41) is 3.22. The Hall–Kier alpha value is 0. The molecule has 0 amide bonds. The second-order valence-electron chi connectivity index (χ2n) is 2.04. The molecule has 8 heavy (non-hydrogen) atoms. The molecule has 0 bridgehead atoms. The molecule has 2 heteroatoms. The average Bonchev–Trinajstić information content (AvgIpc) is 1.79. The van der Waals surface area contributed by atoms with Crippen LogP contribution in [-0.4, -0.2) is 12.6 Å². The highest BCUT2D eigenvalue weighted by atomic mass is 79.9. The van der Waals surface area contributed by atoms with Gasteiger partial charge in [0.25, 0.3) is 0 Å². The summed E-state index contributed by atoms with van der Waals surface area (Å²) in [6, 6.07) is 0.597. The van der Waals surface area contributed by atoms with Crippen LogP contribution in [0, 0.1) is 16.7 Å². The second-order valence-corrected chi connectivity index (χ2v) is 2.44. The first kappa shape index (κ1) is 6.12. The summed E-state index contributed by atoms with van der Waals surface area (Å²) in [5.74, 6) is 3.61. The Balaban J connectivity index is 2.34. The zero-order valence-corrected chi connectivity index (χ0v) is 6.33. The summed E-state index contributed by atoms with van der Waals surface area (Å²) in [4.78, 5) is 2.72. The Kier molecular flexibility index (Phi) is 1.93. The molecule has 1 aliphatic heterocycles. The highest BCUT2D eigenvalue weighted by Gasteiger charge is 2.23. The van der Waals surface area contributed by atoms with Crippen LogP contribution in [0.15, 0.2) is 0 Å². The van der Waals surface area contributed by atoms with E-state index in [4.69, 9.17) is 0 Å². The average molecular weight is 174 g/mol. The van der Waals surface area contributed by atoms with Gasteiger partial charge in [0.05, 0.1) is 0 Å². The Labute approximate surface area is 58.0 Å². The van der Waals surface area contributed by atoms with Crippen LogP contribution in [0.4, 0.5) is 0 Å². The highest BCUT2D eigenvalue weighted by Crippen LogP contribution is 2.10. The molecule has 0 unspecified atom stereocenters. The number of halogens is 1. The molecule has 0 spiro atoms. The van der Waals surface area contributed by atoms with Crippen LogP contribution in [0.3, 0.4) is 0 Å². The van der Waals surface area contributed by atoms with Gasteiger partial charge in [0.2, 0.25) is 0 Å². The third-order valence-electron chi connectivity index (χ3n) is 1.50. The Bertz CT molecular complexity index is 133. The van der Waals surface area contributed by atoms with Crippen molar-refractivity contribution in [3.63, 3.8) is 0 Å². The first-order chi connectivity index (χ1) is 3.84. The molecular weight excluding hydrogens is 166 g/mol. The minimum absolute atomic E-state index is 0.578. The normalized spacial score (nSPS) is 34.8. The fraction of sp³-hybridized carbons (Fsp3) is 0.667. The first-order valence-corrected chi connectivity index (χ1v) is 3.48. The molecule has 1 N–H and O–H groups in total. The van der Waals surface area contributed by atoms with Crippen LogP contribution >= 0.6 is 15.9 Å². The Morgan fingerprint density at radius 1 is 1.75 bits per heavy atom. The van der Waals surface area contributed by atoms with Crippen molar-refractivity contribution in [1.29, 1.82) is 0 Å². The lowest BCUT2D eigenvalue weighted by molar-refractivity contribution is 0.318. The van der Waals surface area contributed by atoms with E-state index in [1.165, 1.54) is 0 Å². The molecule has 0 aromatic rings. The molecule has 0 radical (unpaired) electrons. The smallest absolute Gasteiger partial charge is 0.0487 e. The van der Waals surface area contributed by atoms with Crippen molar-refractivity contribution >= 4 is 15.9 Å². The lowest BCUT2D eigenvalue weighted by Gasteiger charge is -2.30. The Morgan fingerprint density at radius 2 is 2.50 bits per heavy atom. The standard InChI is InChI=1S/C6H8BrN/c1-5-6(2-3-7)4-8-5/h5-6,8H,4H2,1H3/t5-,6-/m1/s1. The molecular formula is C6H8BrN. The fourth-order valence-electron chi connectivity index (χ4n) is 0.718. The molecule has 2 atom stereocenters. The predicted molar refractivity (Wildman–Crippen MR) is 37.7 cm³/mol. The lowest BCUT2D eigenvalue weighted by atomic mass is 9.95. The van der Waals surface area contributed by atoms with Crippen molar-refractivity contribution in [1.82, 2.24) is 5.32 Å². The molecule has 1 saturated heterocycles. The van der Waals surface area contributed by atoms with E-state index in [2.05, 4.69) is 38.9 Å². The van der Waals surface area contributed by atoms with Gasteiger partial charge in [-0.1, -0.05) is 5.92 Å². The summed E-state index contributed by atoms with van der Waals surface area (Å²) < 4.78 is 0. The van der Waals surface area contributed by atoms with Gasteiger partial charge in [-0.2, -0.15) is 0 Å². The van der Waals surface area contributed by atoms with Crippen molar-refractivity contribution in [2.75, 3.05) is 6.54 Å². The summed E-state index contributed by atoms with van der Waals surface area (Å²) in [6.07, 6.45) is 0. The summed E-state index contributed by atoms with van der Waals surface area (Å²) >= 11 is 3.06. The minimum atomic E-state index is 0.578. The molecule has 0 aliphatic carbocycles. The third kappa shape index (κ3) is 1.04. The molecule has 0 aromatic heterocycles. The van der Waals surface area contributed by atoms with Crippen LogP contribution < -0.4 is 5.32 Å². The molecule has 1 rings (SSSR count). The van der Waals surface area contributed by atoms with E-state index in [0.29, 0.717) is 12.0 Å². The Morgan fingerprint density at radius 3 is 2.62 bits per heavy atom. The van der Waals surface area contributed by atoms with Crippen LogP contribution in [0.5, 0.6) is 0 Å². The van der Waals surface area contributed by atoms with Crippen molar-refractivity contribution in [3.8, 4) is 10.8 Å². The van der Waals surface area contributed by atoms with Gasteiger partial charge in [-0.15, -0.1) is 0 Å². The van der Waals surface area contributed by atoms with Gasteiger partial charge in [-0.25, -0.2) is 0 Å². The number of hydrogen-bond donors (Lipinski definition) is 1. The van der Waals surface area contributed by atoms with Crippen LogP contribution in [0.2, 0.25) is 0 Å². The van der Waals surface area contributed by atoms with Gasteiger partial charge in [0.15, 0.2) is 0 Å². The monoisotopic (exact) mass is 173 g/mol. The molecule has 44 valence electrons. The number of rotatable bonds is 0. The SMILES string of the molecule is C[C@H]1NC[C@H]1C#CBr. The summed E-state index contributed by atoms with van der Waals surface area (Å²) in [6.45, 7) is 3.20. The van der Waals surface area contributed by atoms with Crippen molar-refractivity contribution < 1.29 is 0 Å². The highest BCUT2D eigenvalue weighted by molar-refractivity contribution is 9.12. The van der Waals surface area contributed by atoms with Crippen LogP contribution in [-0.2, 0) is 0 Å². The van der Waals surface area contributed by atoms with E-state index in [9.17, 15) is 0 Å². The third-order valence-corrected chi connectivity index (χ3v) is 1.73. The van der Waals surface area contributed by atoms with E-state index >= 15 is 0 Å². The predicted octanol–water partition coefficient (Wildman–Crippen LogP) is 0.950. The number of hydrogen-bond acceptors (Lipinski definition) is 1. The van der Waals surface area contributed by atoms with Crippen molar-refractivity contribution in [2.24, 2.45) is 5.92 Å². The van der Waals surface area contributed by atoms with E-state index in [-0.39, 0.29) is 0 Å². The molecule has 1 aliphatic rings. The fourth-order valence-corrected chi connectivity index (χ4v) is 1.01. The summed E-state index contributed by atoms with van der Waals surface area (Å²) in [7, 11) is 0. The minimum Gasteiger partial charge on any atom is -0.312 e. The molecule has 1 heterocycles. The van der Waals surface area contributed by atoms with Crippen LogP contribution in [0.25, 0.3) is 0 Å². The molecule has 0 saturated carbocycles. The van der Waals surface area contributed by atoms with Gasteiger partial charge in [0.1, 0.15) is 0 Å². The lowest BCUT2D eigenvalue weighted by Crippen LogP contribution is -2.50. The van der Waals surface area contributed by atoms with Gasteiger partial charge in [-0.05, 0) is 11.8 Å². The maximum atomic E-state index is 3.22. The van der Waals surface area contributed by atoms with E-state index < -0.39 is 0 Å². The first-order valence-electron chi connectivity index (χ1n) is 2.69. The summed E-state index contributed by atoms with van der Waals surface area (Å²) in [5.41, 5.74) is 0. The van der Waals surface area contributed by atoms with E-state index in [1.54, 1.807) is 0 Å². The largest absolute Gasteiger partial charge is 0.312 e. The molecule has 0 aromatic carbocycles. The molecule has 1 fully saturated rings. The number of nitrogens with one attached hydrogen (secondary N) is 1. The van der Waals surface area contributed by atoms with Gasteiger partial charge < -0.3 is 5.32 Å². The van der Waals surface area contributed by atoms with Gasteiger partial charge >= 0.3 is 0 Å². The maximum Gasteiger partial charge on any atom is 0.0487 e. The van der Waals surface area contributed by atoms with Gasteiger partial charge in [-0.3, -0.25) is 0 Å². The molecule has 1 nitrogen and oxygen atoms in total. The van der Waals surface area contributed by atoms with Crippen molar-refractivity contribution in [3.05, 3.63) is 0 Å². The second kappa shape index (κ2) is 2.52.